The zero-order chi connectivity index (χ0) is 10.6. The molecule has 0 heterocycles. The summed E-state index contributed by atoms with van der Waals surface area (Å²) in [5.41, 5.74) is 7.84. The van der Waals surface area contributed by atoms with Gasteiger partial charge in [0.2, 0.25) is 5.91 Å². The Kier molecular flexibility index (Phi) is 3.51. The van der Waals surface area contributed by atoms with Crippen LogP contribution in [-0.2, 0) is 4.79 Å². The van der Waals surface area contributed by atoms with E-state index in [1.165, 1.54) is 0 Å². The Morgan fingerprint density at radius 1 is 1.57 bits per heavy atom. The normalized spacial score (nSPS) is 12.1. The highest BCUT2D eigenvalue weighted by Crippen LogP contribution is 2.20. The van der Waals surface area contributed by atoms with Crippen LogP contribution in [0.2, 0.25) is 0 Å². The van der Waals surface area contributed by atoms with Crippen molar-refractivity contribution in [3.05, 3.63) is 29.8 Å². The zero-order valence-corrected chi connectivity index (χ0v) is 8.41. The highest BCUT2D eigenvalue weighted by atomic mass is 16.5. The van der Waals surface area contributed by atoms with Gasteiger partial charge in [0.1, 0.15) is 5.75 Å². The van der Waals surface area contributed by atoms with Gasteiger partial charge in [0.25, 0.3) is 0 Å². The summed E-state index contributed by atoms with van der Waals surface area (Å²) in [7, 11) is 0. The standard InChI is InChI=1S/C11H14NO2/c1-3-14-10-6-4-5-9(7-10)8(2)11(12)13/h4-8,12H,3H2,1-2H3. The van der Waals surface area contributed by atoms with E-state index in [-0.39, 0.29) is 5.92 Å². The quantitative estimate of drug-likeness (QED) is 0.732. The van der Waals surface area contributed by atoms with Gasteiger partial charge in [-0.3, -0.25) is 10.5 Å². The van der Waals surface area contributed by atoms with Gasteiger partial charge in [-0.15, -0.1) is 0 Å². The predicted octanol–water partition coefficient (Wildman–Crippen LogP) is 2.00. The predicted molar refractivity (Wildman–Crippen MR) is 54.1 cm³/mol. The Morgan fingerprint density at radius 2 is 2.29 bits per heavy atom. The summed E-state index contributed by atoms with van der Waals surface area (Å²) < 4.78 is 5.30. The lowest BCUT2D eigenvalue weighted by Gasteiger charge is -2.09. The van der Waals surface area contributed by atoms with Crippen LogP contribution < -0.4 is 10.5 Å². The van der Waals surface area contributed by atoms with Crippen molar-refractivity contribution >= 4 is 5.91 Å². The molecule has 1 radical (unpaired) electrons. The Labute approximate surface area is 83.9 Å². The fourth-order valence-corrected chi connectivity index (χ4v) is 1.19. The molecule has 1 aromatic rings. The number of hydrogen-bond donors (Lipinski definition) is 0. The van der Waals surface area contributed by atoms with E-state index >= 15 is 0 Å². The van der Waals surface area contributed by atoms with Crippen molar-refractivity contribution in [3.8, 4) is 5.75 Å². The molecule has 0 saturated carbocycles. The van der Waals surface area contributed by atoms with Crippen LogP contribution in [0.1, 0.15) is 25.3 Å². The minimum Gasteiger partial charge on any atom is -0.494 e. The molecule has 0 aliphatic rings. The molecule has 0 aliphatic carbocycles. The molecule has 0 aliphatic heterocycles. The van der Waals surface area contributed by atoms with Crippen LogP contribution in [0.25, 0.3) is 0 Å². The van der Waals surface area contributed by atoms with Gasteiger partial charge in [-0.05, 0) is 31.5 Å². The Bertz CT molecular complexity index is 323. The maximum absolute atomic E-state index is 10.8. The van der Waals surface area contributed by atoms with Crippen molar-refractivity contribution in [1.82, 2.24) is 5.73 Å². The second-order valence-electron chi connectivity index (χ2n) is 3.09. The van der Waals surface area contributed by atoms with E-state index in [0.717, 1.165) is 11.3 Å². The molecule has 1 rings (SSSR count). The number of benzene rings is 1. The highest BCUT2D eigenvalue weighted by Gasteiger charge is 2.12. The first kappa shape index (κ1) is 10.6. The van der Waals surface area contributed by atoms with Crippen LogP contribution in [0.3, 0.4) is 0 Å². The van der Waals surface area contributed by atoms with Crippen molar-refractivity contribution < 1.29 is 9.53 Å². The largest absolute Gasteiger partial charge is 0.494 e. The first-order valence-electron chi connectivity index (χ1n) is 4.63. The van der Waals surface area contributed by atoms with E-state index in [4.69, 9.17) is 10.5 Å². The lowest BCUT2D eigenvalue weighted by Crippen LogP contribution is -2.09. The minimum atomic E-state index is -0.571. The van der Waals surface area contributed by atoms with Crippen LogP contribution >= 0.6 is 0 Å². The molecule has 75 valence electrons. The Balaban J connectivity index is 2.87. The maximum atomic E-state index is 10.8. The molecule has 1 unspecified atom stereocenters. The number of hydrogen-bond acceptors (Lipinski definition) is 2. The van der Waals surface area contributed by atoms with Gasteiger partial charge in [-0.1, -0.05) is 12.1 Å². The molecular weight excluding hydrogens is 178 g/mol. The summed E-state index contributed by atoms with van der Waals surface area (Å²) in [5, 5.41) is 0. The molecule has 3 nitrogen and oxygen atoms in total. The SMILES string of the molecule is CCOc1cccc(C(C)C([NH])=O)c1. The Morgan fingerprint density at radius 3 is 2.86 bits per heavy atom. The average molecular weight is 192 g/mol. The van der Waals surface area contributed by atoms with E-state index in [2.05, 4.69) is 0 Å². The van der Waals surface area contributed by atoms with Crippen molar-refractivity contribution in [1.29, 1.82) is 0 Å². The minimum absolute atomic E-state index is 0.379. The third-order valence-electron chi connectivity index (χ3n) is 2.06. The number of amides is 1. The molecule has 0 spiro atoms. The number of carbonyl (C=O) groups is 1. The lowest BCUT2D eigenvalue weighted by molar-refractivity contribution is -0.119. The smallest absolute Gasteiger partial charge is 0.245 e. The first-order chi connectivity index (χ1) is 6.65. The molecule has 1 amide bonds. The van der Waals surface area contributed by atoms with Gasteiger partial charge in [-0.2, -0.15) is 0 Å². The zero-order valence-electron chi connectivity index (χ0n) is 8.41. The molecule has 14 heavy (non-hydrogen) atoms. The van der Waals surface area contributed by atoms with Gasteiger partial charge in [0.15, 0.2) is 0 Å². The first-order valence-corrected chi connectivity index (χ1v) is 4.63. The van der Waals surface area contributed by atoms with Gasteiger partial charge >= 0.3 is 0 Å². The van der Waals surface area contributed by atoms with Gasteiger partial charge < -0.3 is 4.74 Å². The second kappa shape index (κ2) is 4.65. The summed E-state index contributed by atoms with van der Waals surface area (Å²) >= 11 is 0. The third-order valence-corrected chi connectivity index (χ3v) is 2.06. The van der Waals surface area contributed by atoms with E-state index in [1.807, 2.05) is 25.1 Å². The fraction of sp³-hybridized carbons (Fsp3) is 0.364. The average Bonchev–Trinajstić information content (AvgIpc) is 2.17. The topological polar surface area (TPSA) is 50.1 Å². The maximum Gasteiger partial charge on any atom is 0.245 e. The summed E-state index contributed by atoms with van der Waals surface area (Å²) in [6, 6.07) is 7.31. The van der Waals surface area contributed by atoms with Gasteiger partial charge in [0.05, 0.1) is 12.5 Å². The van der Waals surface area contributed by atoms with E-state index in [0.29, 0.717) is 6.61 Å². The highest BCUT2D eigenvalue weighted by molar-refractivity contribution is 5.80. The van der Waals surface area contributed by atoms with Crippen LogP contribution in [0.15, 0.2) is 24.3 Å². The van der Waals surface area contributed by atoms with Crippen molar-refractivity contribution in [3.63, 3.8) is 0 Å². The van der Waals surface area contributed by atoms with Crippen LogP contribution in [0.5, 0.6) is 5.75 Å². The van der Waals surface area contributed by atoms with Gasteiger partial charge in [0, 0.05) is 0 Å². The van der Waals surface area contributed by atoms with Crippen molar-refractivity contribution in [2.75, 3.05) is 6.61 Å². The van der Waals surface area contributed by atoms with E-state index in [9.17, 15) is 4.79 Å². The van der Waals surface area contributed by atoms with Crippen molar-refractivity contribution in [2.45, 2.75) is 19.8 Å². The molecule has 1 N–H and O–H groups in total. The van der Waals surface area contributed by atoms with E-state index in [1.54, 1.807) is 13.0 Å². The summed E-state index contributed by atoms with van der Waals surface area (Å²) in [4.78, 5) is 10.8. The van der Waals surface area contributed by atoms with E-state index < -0.39 is 5.91 Å². The summed E-state index contributed by atoms with van der Waals surface area (Å²) in [6.45, 7) is 4.23. The monoisotopic (exact) mass is 192 g/mol. The molecular formula is C11H14NO2. The summed E-state index contributed by atoms with van der Waals surface area (Å²) in [6.07, 6.45) is 0. The molecule has 0 aromatic heterocycles. The van der Waals surface area contributed by atoms with Crippen LogP contribution in [0.4, 0.5) is 0 Å². The number of carbonyl (C=O) groups excluding carboxylic acids is 1. The number of nitrogens with one attached hydrogen (secondary N) is 1. The molecule has 0 fully saturated rings. The fourth-order valence-electron chi connectivity index (χ4n) is 1.19. The summed E-state index contributed by atoms with van der Waals surface area (Å²) in [5.74, 6) is -0.202. The van der Waals surface area contributed by atoms with Crippen LogP contribution in [-0.4, -0.2) is 12.5 Å². The third kappa shape index (κ3) is 2.49. The molecule has 1 aromatic carbocycles. The number of rotatable bonds is 4. The second-order valence-corrected chi connectivity index (χ2v) is 3.09. The number of ether oxygens (including phenoxy) is 1. The lowest BCUT2D eigenvalue weighted by atomic mass is 10.0. The van der Waals surface area contributed by atoms with Crippen LogP contribution in [0, 0.1) is 0 Å². The molecule has 3 heteroatoms. The van der Waals surface area contributed by atoms with Gasteiger partial charge in [-0.25, -0.2) is 0 Å². The molecule has 0 saturated heterocycles. The van der Waals surface area contributed by atoms with Crippen molar-refractivity contribution in [2.24, 2.45) is 0 Å². The molecule has 0 bridgehead atoms. The Hall–Kier alpha value is -1.51. The molecule has 1 atom stereocenters.